The van der Waals surface area contributed by atoms with Gasteiger partial charge in [0.2, 0.25) is 0 Å². The standard InChI is InChI=1S/C12H12BrN3/c1-8-4-5-9(7-16-8)11(14)12-10(13)3-2-6-15-12/h2-7,11H,14H2,1H3. The molecule has 2 heterocycles. The van der Waals surface area contributed by atoms with Crippen LogP contribution >= 0.6 is 15.9 Å². The molecule has 1 unspecified atom stereocenters. The molecule has 3 nitrogen and oxygen atoms in total. The van der Waals surface area contributed by atoms with E-state index in [4.69, 9.17) is 5.73 Å². The van der Waals surface area contributed by atoms with E-state index in [1.807, 2.05) is 31.2 Å². The third-order valence-electron chi connectivity index (χ3n) is 2.37. The summed E-state index contributed by atoms with van der Waals surface area (Å²) in [5, 5.41) is 0. The van der Waals surface area contributed by atoms with E-state index in [9.17, 15) is 0 Å². The summed E-state index contributed by atoms with van der Waals surface area (Å²) in [6, 6.07) is 7.49. The molecule has 0 aliphatic heterocycles. The summed E-state index contributed by atoms with van der Waals surface area (Å²) in [4.78, 5) is 8.51. The molecular formula is C12H12BrN3. The summed E-state index contributed by atoms with van der Waals surface area (Å²) in [7, 11) is 0. The lowest BCUT2D eigenvalue weighted by Crippen LogP contribution is -2.14. The number of nitrogens with two attached hydrogens (primary N) is 1. The van der Waals surface area contributed by atoms with Crippen molar-refractivity contribution in [3.05, 3.63) is 58.1 Å². The first kappa shape index (κ1) is 11.2. The zero-order valence-corrected chi connectivity index (χ0v) is 10.5. The van der Waals surface area contributed by atoms with Crippen molar-refractivity contribution < 1.29 is 0 Å². The molecule has 2 N–H and O–H groups in total. The Morgan fingerprint density at radius 3 is 2.69 bits per heavy atom. The fourth-order valence-electron chi connectivity index (χ4n) is 1.45. The number of pyridine rings is 2. The Morgan fingerprint density at radius 2 is 2.06 bits per heavy atom. The summed E-state index contributed by atoms with van der Waals surface area (Å²) in [6.07, 6.45) is 3.53. The van der Waals surface area contributed by atoms with Gasteiger partial charge in [-0.2, -0.15) is 0 Å². The molecule has 2 aromatic heterocycles. The average Bonchev–Trinajstić information content (AvgIpc) is 2.30. The van der Waals surface area contributed by atoms with Gasteiger partial charge in [-0.1, -0.05) is 6.07 Å². The zero-order valence-electron chi connectivity index (χ0n) is 8.89. The molecule has 0 spiro atoms. The molecular weight excluding hydrogens is 266 g/mol. The SMILES string of the molecule is Cc1ccc(C(N)c2ncccc2Br)cn1. The fourth-order valence-corrected chi connectivity index (χ4v) is 1.95. The largest absolute Gasteiger partial charge is 0.319 e. The Bertz CT molecular complexity index is 482. The van der Waals surface area contributed by atoms with Crippen molar-refractivity contribution in [2.75, 3.05) is 0 Å². The van der Waals surface area contributed by atoms with Crippen LogP contribution in [0.15, 0.2) is 41.1 Å². The molecule has 2 rings (SSSR count). The highest BCUT2D eigenvalue weighted by Gasteiger charge is 2.13. The van der Waals surface area contributed by atoms with Gasteiger partial charge >= 0.3 is 0 Å². The van der Waals surface area contributed by atoms with Gasteiger partial charge in [-0.15, -0.1) is 0 Å². The predicted octanol–water partition coefficient (Wildman–Crippen LogP) is 2.60. The van der Waals surface area contributed by atoms with Gasteiger partial charge < -0.3 is 5.73 Å². The Kier molecular flexibility index (Phi) is 3.31. The van der Waals surface area contributed by atoms with Crippen LogP contribution in [0, 0.1) is 6.92 Å². The third kappa shape index (κ3) is 2.28. The Labute approximate surface area is 103 Å². The van der Waals surface area contributed by atoms with Crippen molar-refractivity contribution in [3.63, 3.8) is 0 Å². The highest BCUT2D eigenvalue weighted by atomic mass is 79.9. The summed E-state index contributed by atoms with van der Waals surface area (Å²) in [5.41, 5.74) is 8.91. The second-order valence-electron chi connectivity index (χ2n) is 3.58. The Balaban J connectivity index is 2.35. The lowest BCUT2D eigenvalue weighted by atomic mass is 10.1. The van der Waals surface area contributed by atoms with Crippen LogP contribution in [0.5, 0.6) is 0 Å². The van der Waals surface area contributed by atoms with Gasteiger partial charge in [0, 0.05) is 22.6 Å². The number of hydrogen-bond acceptors (Lipinski definition) is 3. The van der Waals surface area contributed by atoms with Crippen LogP contribution in [-0.4, -0.2) is 9.97 Å². The minimum Gasteiger partial charge on any atom is -0.319 e. The van der Waals surface area contributed by atoms with Crippen LogP contribution in [0.25, 0.3) is 0 Å². The Hall–Kier alpha value is -1.26. The van der Waals surface area contributed by atoms with Crippen molar-refractivity contribution in [1.29, 1.82) is 0 Å². The van der Waals surface area contributed by atoms with Crippen molar-refractivity contribution in [2.45, 2.75) is 13.0 Å². The first-order valence-electron chi connectivity index (χ1n) is 4.97. The molecule has 1 atom stereocenters. The van der Waals surface area contributed by atoms with Gasteiger partial charge in [0.1, 0.15) is 0 Å². The molecule has 0 radical (unpaired) electrons. The number of nitrogens with zero attached hydrogens (tertiary/aromatic N) is 2. The van der Waals surface area contributed by atoms with Crippen LogP contribution in [0.1, 0.15) is 23.0 Å². The van der Waals surface area contributed by atoms with E-state index in [0.717, 1.165) is 21.4 Å². The van der Waals surface area contributed by atoms with E-state index < -0.39 is 0 Å². The first-order valence-corrected chi connectivity index (χ1v) is 5.76. The average molecular weight is 278 g/mol. The molecule has 0 aliphatic carbocycles. The highest BCUT2D eigenvalue weighted by molar-refractivity contribution is 9.10. The zero-order chi connectivity index (χ0) is 11.5. The molecule has 0 aromatic carbocycles. The van der Waals surface area contributed by atoms with Gasteiger partial charge in [-0.25, -0.2) is 0 Å². The second kappa shape index (κ2) is 4.72. The van der Waals surface area contributed by atoms with Crippen molar-refractivity contribution in [3.8, 4) is 0 Å². The number of rotatable bonds is 2. The quantitative estimate of drug-likeness (QED) is 0.918. The Morgan fingerprint density at radius 1 is 1.25 bits per heavy atom. The summed E-state index contributed by atoms with van der Waals surface area (Å²) in [5.74, 6) is 0. The summed E-state index contributed by atoms with van der Waals surface area (Å²) >= 11 is 3.45. The number of aryl methyl sites for hydroxylation is 1. The molecule has 0 saturated heterocycles. The normalized spacial score (nSPS) is 12.4. The predicted molar refractivity (Wildman–Crippen MR) is 66.9 cm³/mol. The van der Waals surface area contributed by atoms with Crippen LogP contribution in [0.3, 0.4) is 0 Å². The molecule has 0 aliphatic rings. The van der Waals surface area contributed by atoms with Crippen molar-refractivity contribution >= 4 is 15.9 Å². The number of aromatic nitrogens is 2. The van der Waals surface area contributed by atoms with Gasteiger partial charge in [0.25, 0.3) is 0 Å². The second-order valence-corrected chi connectivity index (χ2v) is 4.44. The topological polar surface area (TPSA) is 51.8 Å². The van der Waals surface area contributed by atoms with Gasteiger partial charge in [0.05, 0.1) is 11.7 Å². The molecule has 0 fully saturated rings. The maximum absolute atomic E-state index is 6.13. The molecule has 2 aromatic rings. The van der Waals surface area contributed by atoms with E-state index in [1.165, 1.54) is 0 Å². The lowest BCUT2D eigenvalue weighted by Gasteiger charge is -2.12. The van der Waals surface area contributed by atoms with E-state index in [1.54, 1.807) is 12.4 Å². The van der Waals surface area contributed by atoms with Gasteiger partial charge in [0.15, 0.2) is 0 Å². The maximum atomic E-state index is 6.13. The van der Waals surface area contributed by atoms with Crippen molar-refractivity contribution in [1.82, 2.24) is 9.97 Å². The molecule has 4 heteroatoms. The minimum atomic E-state index is -0.247. The van der Waals surface area contributed by atoms with Gasteiger partial charge in [-0.05, 0) is 46.6 Å². The van der Waals surface area contributed by atoms with Crippen LogP contribution in [-0.2, 0) is 0 Å². The van der Waals surface area contributed by atoms with E-state index in [0.29, 0.717) is 0 Å². The first-order chi connectivity index (χ1) is 7.68. The van der Waals surface area contributed by atoms with Crippen molar-refractivity contribution in [2.24, 2.45) is 5.73 Å². The lowest BCUT2D eigenvalue weighted by molar-refractivity contribution is 0.814. The number of halogens is 1. The number of hydrogen-bond donors (Lipinski definition) is 1. The van der Waals surface area contributed by atoms with E-state index >= 15 is 0 Å². The molecule has 0 amide bonds. The highest BCUT2D eigenvalue weighted by Crippen LogP contribution is 2.23. The van der Waals surface area contributed by atoms with E-state index in [2.05, 4.69) is 25.9 Å². The molecule has 0 bridgehead atoms. The third-order valence-corrected chi connectivity index (χ3v) is 3.05. The minimum absolute atomic E-state index is 0.247. The molecule has 16 heavy (non-hydrogen) atoms. The summed E-state index contributed by atoms with van der Waals surface area (Å²) < 4.78 is 0.920. The molecule has 0 saturated carbocycles. The maximum Gasteiger partial charge on any atom is 0.0758 e. The smallest absolute Gasteiger partial charge is 0.0758 e. The molecule has 82 valence electrons. The summed E-state index contributed by atoms with van der Waals surface area (Å²) in [6.45, 7) is 1.95. The van der Waals surface area contributed by atoms with Crippen LogP contribution < -0.4 is 5.73 Å². The van der Waals surface area contributed by atoms with Gasteiger partial charge in [-0.3, -0.25) is 9.97 Å². The van der Waals surface area contributed by atoms with Crippen LogP contribution in [0.4, 0.5) is 0 Å². The fraction of sp³-hybridized carbons (Fsp3) is 0.167. The van der Waals surface area contributed by atoms with Crippen LogP contribution in [0.2, 0.25) is 0 Å². The monoisotopic (exact) mass is 277 g/mol. The van der Waals surface area contributed by atoms with E-state index in [-0.39, 0.29) is 6.04 Å².